The molecule has 0 radical (unpaired) electrons. The first-order valence-electron chi connectivity index (χ1n) is 3.34. The van der Waals surface area contributed by atoms with E-state index < -0.39 is 0 Å². The Bertz CT molecular complexity index is 323. The predicted octanol–water partition coefficient (Wildman–Crippen LogP) is 0.424. The molecule has 0 fully saturated rings. The number of H-pyrrole nitrogens is 1. The van der Waals surface area contributed by atoms with Crippen molar-refractivity contribution in [1.82, 2.24) is 4.98 Å². The van der Waals surface area contributed by atoms with Gasteiger partial charge in [-0.1, -0.05) is 0 Å². The van der Waals surface area contributed by atoms with Gasteiger partial charge in [0.2, 0.25) is 0 Å². The Balaban J connectivity index is 2.59. The summed E-state index contributed by atoms with van der Waals surface area (Å²) in [5.74, 6) is 0. The first kappa shape index (κ1) is 6.30. The topological polar surface area (TPSA) is 78.0 Å². The van der Waals surface area contributed by atoms with Crippen LogP contribution in [0.15, 0.2) is 17.3 Å². The smallest absolute Gasteiger partial charge is 0.138 e. The van der Waals surface area contributed by atoms with E-state index in [0.29, 0.717) is 5.71 Å². The molecule has 1 unspecified atom stereocenters. The summed E-state index contributed by atoms with van der Waals surface area (Å²) in [5, 5.41) is 7.45. The van der Waals surface area contributed by atoms with Gasteiger partial charge in [-0.2, -0.15) is 0 Å². The van der Waals surface area contributed by atoms with Gasteiger partial charge in [-0.15, -0.1) is 0 Å². The highest BCUT2D eigenvalue weighted by molar-refractivity contribution is 6.37. The second kappa shape index (κ2) is 2.03. The number of aromatic amines is 1. The lowest BCUT2D eigenvalue weighted by Crippen LogP contribution is -2.18. The number of aliphatic imine (C=N–C) groups is 1. The van der Waals surface area contributed by atoms with E-state index in [1.165, 1.54) is 6.21 Å². The zero-order valence-corrected chi connectivity index (χ0v) is 5.83. The summed E-state index contributed by atoms with van der Waals surface area (Å²) in [4.78, 5) is 6.88. The molecule has 0 saturated carbocycles. The summed E-state index contributed by atoms with van der Waals surface area (Å²) in [6.45, 7) is 0. The van der Waals surface area contributed by atoms with Gasteiger partial charge < -0.3 is 10.7 Å². The zero-order valence-electron chi connectivity index (χ0n) is 5.83. The number of aromatic nitrogens is 1. The van der Waals surface area contributed by atoms with Crippen LogP contribution in [0.1, 0.15) is 17.4 Å². The summed E-state index contributed by atoms with van der Waals surface area (Å²) in [5.41, 5.74) is 7.73. The molecule has 11 heavy (non-hydrogen) atoms. The monoisotopic (exact) mass is 148 g/mol. The van der Waals surface area contributed by atoms with E-state index in [9.17, 15) is 0 Å². The van der Waals surface area contributed by atoms with Gasteiger partial charge in [0.25, 0.3) is 0 Å². The zero-order chi connectivity index (χ0) is 7.84. The van der Waals surface area contributed by atoms with Crippen LogP contribution >= 0.6 is 0 Å². The Hall–Kier alpha value is -1.42. The molecule has 56 valence electrons. The van der Waals surface area contributed by atoms with E-state index in [2.05, 4.69) is 9.98 Å². The Morgan fingerprint density at radius 1 is 1.64 bits per heavy atom. The maximum absolute atomic E-state index is 7.45. The number of nitrogens with zero attached hydrogens (tertiary/aromatic N) is 1. The highest BCUT2D eigenvalue weighted by Gasteiger charge is 2.17. The second-order valence-corrected chi connectivity index (χ2v) is 2.44. The fourth-order valence-electron chi connectivity index (χ4n) is 1.16. The van der Waals surface area contributed by atoms with E-state index in [1.54, 1.807) is 6.20 Å². The lowest BCUT2D eigenvalue weighted by molar-refractivity contribution is 0.749. The SMILES string of the molecule is N=C1C=NC(N)c2[nH]ccc21. The van der Waals surface area contributed by atoms with Crippen LogP contribution in [0.3, 0.4) is 0 Å². The molecule has 1 aliphatic rings. The molecule has 1 atom stereocenters. The fraction of sp³-hybridized carbons (Fsp3) is 0.143. The Kier molecular flexibility index (Phi) is 1.16. The number of nitrogens with two attached hydrogens (primary N) is 1. The maximum Gasteiger partial charge on any atom is 0.138 e. The summed E-state index contributed by atoms with van der Waals surface area (Å²) in [6.07, 6.45) is 2.93. The van der Waals surface area contributed by atoms with Crippen molar-refractivity contribution in [1.29, 1.82) is 5.41 Å². The van der Waals surface area contributed by atoms with Gasteiger partial charge in [-0.25, -0.2) is 0 Å². The predicted molar refractivity (Wildman–Crippen MR) is 43.0 cm³/mol. The van der Waals surface area contributed by atoms with Gasteiger partial charge in [0.1, 0.15) is 6.17 Å². The van der Waals surface area contributed by atoms with Gasteiger partial charge in [-0.3, -0.25) is 10.4 Å². The molecule has 0 bridgehead atoms. The van der Waals surface area contributed by atoms with E-state index in [-0.39, 0.29) is 6.17 Å². The molecule has 4 nitrogen and oxygen atoms in total. The third-order valence-corrected chi connectivity index (χ3v) is 1.73. The standard InChI is InChI=1S/C7H8N4/c8-5-3-11-7(9)6-4(5)1-2-10-6/h1-3,7-8,10H,9H2. The highest BCUT2D eigenvalue weighted by atomic mass is 15.0. The van der Waals surface area contributed by atoms with Crippen LogP contribution in [0.2, 0.25) is 0 Å². The summed E-state index contributed by atoms with van der Waals surface area (Å²) >= 11 is 0. The maximum atomic E-state index is 7.45. The number of rotatable bonds is 0. The first-order valence-corrected chi connectivity index (χ1v) is 3.34. The Labute approximate surface area is 63.7 Å². The molecule has 0 aromatic carbocycles. The molecular weight excluding hydrogens is 140 g/mol. The number of fused-ring (bicyclic) bond motifs is 1. The number of hydrogen-bond acceptors (Lipinski definition) is 3. The largest absolute Gasteiger partial charge is 0.362 e. The molecule has 1 aromatic rings. The molecule has 0 amide bonds. The van der Waals surface area contributed by atoms with Gasteiger partial charge in [0, 0.05) is 18.0 Å². The highest BCUT2D eigenvalue weighted by Crippen LogP contribution is 2.18. The summed E-state index contributed by atoms with van der Waals surface area (Å²) < 4.78 is 0. The lowest BCUT2D eigenvalue weighted by atomic mass is 10.1. The van der Waals surface area contributed by atoms with Crippen LogP contribution < -0.4 is 5.73 Å². The summed E-state index contributed by atoms with van der Waals surface area (Å²) in [7, 11) is 0. The molecular formula is C7H8N4. The van der Waals surface area contributed by atoms with Gasteiger partial charge in [-0.05, 0) is 6.07 Å². The molecule has 4 heteroatoms. The minimum Gasteiger partial charge on any atom is -0.362 e. The van der Waals surface area contributed by atoms with E-state index >= 15 is 0 Å². The Morgan fingerprint density at radius 3 is 3.18 bits per heavy atom. The minimum absolute atomic E-state index is 0.325. The van der Waals surface area contributed by atoms with Crippen molar-refractivity contribution in [3.8, 4) is 0 Å². The van der Waals surface area contributed by atoms with E-state index in [0.717, 1.165) is 11.3 Å². The quantitative estimate of drug-likeness (QED) is 0.490. The van der Waals surface area contributed by atoms with Gasteiger partial charge in [0.05, 0.1) is 11.4 Å². The van der Waals surface area contributed by atoms with Crippen LogP contribution in [-0.2, 0) is 0 Å². The van der Waals surface area contributed by atoms with Crippen LogP contribution in [0.4, 0.5) is 0 Å². The van der Waals surface area contributed by atoms with Crippen molar-refractivity contribution in [2.45, 2.75) is 6.17 Å². The Morgan fingerprint density at radius 2 is 2.45 bits per heavy atom. The van der Waals surface area contributed by atoms with Crippen LogP contribution in [0.25, 0.3) is 0 Å². The molecule has 0 saturated heterocycles. The average Bonchev–Trinajstić information content (AvgIpc) is 2.45. The molecule has 2 heterocycles. The lowest BCUT2D eigenvalue weighted by Gasteiger charge is -2.11. The second-order valence-electron chi connectivity index (χ2n) is 2.44. The minimum atomic E-state index is -0.325. The third-order valence-electron chi connectivity index (χ3n) is 1.73. The molecule has 0 aliphatic carbocycles. The number of nitrogens with one attached hydrogen (secondary N) is 2. The van der Waals surface area contributed by atoms with Crippen LogP contribution in [0, 0.1) is 5.41 Å². The van der Waals surface area contributed by atoms with Gasteiger partial charge in [0.15, 0.2) is 0 Å². The van der Waals surface area contributed by atoms with Crippen molar-refractivity contribution >= 4 is 11.9 Å². The van der Waals surface area contributed by atoms with Crippen molar-refractivity contribution in [2.24, 2.45) is 10.7 Å². The summed E-state index contributed by atoms with van der Waals surface area (Å²) in [6, 6.07) is 1.84. The molecule has 1 aromatic heterocycles. The molecule has 1 aliphatic heterocycles. The van der Waals surface area contributed by atoms with Crippen LogP contribution in [0.5, 0.6) is 0 Å². The van der Waals surface area contributed by atoms with Gasteiger partial charge >= 0.3 is 0 Å². The first-order chi connectivity index (χ1) is 5.29. The molecule has 4 N–H and O–H groups in total. The van der Waals surface area contributed by atoms with E-state index in [4.69, 9.17) is 11.1 Å². The van der Waals surface area contributed by atoms with Crippen molar-refractivity contribution in [3.63, 3.8) is 0 Å². The molecule has 2 rings (SSSR count). The van der Waals surface area contributed by atoms with Crippen molar-refractivity contribution in [3.05, 3.63) is 23.5 Å². The molecule has 0 spiro atoms. The normalized spacial score (nSPS) is 21.9. The number of hydrogen-bond donors (Lipinski definition) is 3. The third kappa shape index (κ3) is 0.798. The van der Waals surface area contributed by atoms with Crippen molar-refractivity contribution < 1.29 is 0 Å². The fourth-order valence-corrected chi connectivity index (χ4v) is 1.16. The van der Waals surface area contributed by atoms with E-state index in [1.807, 2.05) is 6.07 Å². The van der Waals surface area contributed by atoms with Crippen molar-refractivity contribution in [2.75, 3.05) is 0 Å². The average molecular weight is 148 g/mol. The van der Waals surface area contributed by atoms with Crippen LogP contribution in [-0.4, -0.2) is 16.9 Å².